The van der Waals surface area contributed by atoms with Crippen LogP contribution in [0.15, 0.2) is 39.0 Å². The van der Waals surface area contributed by atoms with E-state index in [2.05, 4.69) is 15.9 Å². The van der Waals surface area contributed by atoms with Gasteiger partial charge in [0, 0.05) is 24.5 Å². The third kappa shape index (κ3) is 3.62. The summed E-state index contributed by atoms with van der Waals surface area (Å²) >= 11 is 4.88. The number of methoxy groups -OCH3 is 2. The molecule has 0 atom stereocenters. The lowest BCUT2D eigenvalue weighted by Crippen LogP contribution is -2.26. The van der Waals surface area contributed by atoms with Crippen molar-refractivity contribution in [2.75, 3.05) is 21.3 Å². The first-order valence-electron chi connectivity index (χ1n) is 6.31. The summed E-state index contributed by atoms with van der Waals surface area (Å²) in [5, 5.41) is 0. The van der Waals surface area contributed by atoms with Crippen molar-refractivity contribution in [1.29, 1.82) is 0 Å². The van der Waals surface area contributed by atoms with Crippen molar-refractivity contribution < 1.29 is 17.9 Å². The highest BCUT2D eigenvalue weighted by Crippen LogP contribution is 2.31. The molecule has 0 saturated carbocycles. The van der Waals surface area contributed by atoms with Gasteiger partial charge in [-0.3, -0.25) is 0 Å². The highest BCUT2D eigenvalue weighted by molar-refractivity contribution is 9.11. The number of hydrogen-bond donors (Lipinski definition) is 0. The Morgan fingerprint density at radius 3 is 2.36 bits per heavy atom. The van der Waals surface area contributed by atoms with Crippen LogP contribution in [-0.4, -0.2) is 34.0 Å². The third-order valence-corrected chi connectivity index (χ3v) is 6.48. The summed E-state index contributed by atoms with van der Waals surface area (Å²) in [7, 11) is 0.939. The van der Waals surface area contributed by atoms with Crippen molar-refractivity contribution in [3.05, 3.63) is 39.0 Å². The molecule has 0 aliphatic carbocycles. The molecule has 0 unspecified atom stereocenters. The van der Waals surface area contributed by atoms with Crippen LogP contribution in [0.1, 0.15) is 4.88 Å². The molecule has 0 spiro atoms. The summed E-state index contributed by atoms with van der Waals surface area (Å²) in [5.41, 5.74) is 0. The summed E-state index contributed by atoms with van der Waals surface area (Å²) in [5.74, 6) is 0.877. The second-order valence-corrected chi connectivity index (χ2v) is 9.08. The van der Waals surface area contributed by atoms with E-state index in [0.29, 0.717) is 18.0 Å². The number of halogens is 1. The van der Waals surface area contributed by atoms with Gasteiger partial charge in [-0.1, -0.05) is 0 Å². The zero-order chi connectivity index (χ0) is 16.3. The molecular formula is C14H16BrNO4S2. The van der Waals surface area contributed by atoms with Crippen molar-refractivity contribution in [3.63, 3.8) is 0 Å². The molecule has 0 fully saturated rings. The Hall–Kier alpha value is -1.09. The first-order valence-corrected chi connectivity index (χ1v) is 9.36. The Labute approximate surface area is 142 Å². The maximum absolute atomic E-state index is 12.6. The highest BCUT2D eigenvalue weighted by Gasteiger charge is 2.23. The second kappa shape index (κ2) is 6.99. The van der Waals surface area contributed by atoms with Gasteiger partial charge in [-0.15, -0.1) is 11.3 Å². The van der Waals surface area contributed by atoms with Crippen LogP contribution in [0.25, 0.3) is 0 Å². The topological polar surface area (TPSA) is 55.8 Å². The number of rotatable bonds is 6. The lowest BCUT2D eigenvalue weighted by molar-refractivity contribution is 0.353. The van der Waals surface area contributed by atoms with Gasteiger partial charge in [-0.2, -0.15) is 4.31 Å². The lowest BCUT2D eigenvalue weighted by atomic mass is 10.3. The minimum atomic E-state index is -3.60. The van der Waals surface area contributed by atoms with Crippen LogP contribution in [0.3, 0.4) is 0 Å². The van der Waals surface area contributed by atoms with Crippen molar-refractivity contribution in [2.45, 2.75) is 11.4 Å². The fourth-order valence-electron chi connectivity index (χ4n) is 1.90. The summed E-state index contributed by atoms with van der Waals surface area (Å²) in [4.78, 5) is 1.13. The quantitative estimate of drug-likeness (QED) is 0.739. The van der Waals surface area contributed by atoms with E-state index in [1.807, 2.05) is 12.1 Å². The molecule has 120 valence electrons. The van der Waals surface area contributed by atoms with Crippen LogP contribution in [0.5, 0.6) is 11.5 Å². The van der Waals surface area contributed by atoms with Gasteiger partial charge in [0.1, 0.15) is 0 Å². The predicted molar refractivity (Wildman–Crippen MR) is 90.2 cm³/mol. The Morgan fingerprint density at radius 2 is 1.82 bits per heavy atom. The van der Waals surface area contributed by atoms with Crippen LogP contribution in [0, 0.1) is 0 Å². The molecular weight excluding hydrogens is 390 g/mol. The SMILES string of the molecule is COc1ccc(S(=O)(=O)N(C)Cc2ccc(Br)s2)cc1OC. The van der Waals surface area contributed by atoms with Crippen LogP contribution >= 0.6 is 27.3 Å². The molecule has 2 aromatic rings. The first kappa shape index (κ1) is 17.3. The molecule has 0 aliphatic heterocycles. The van der Waals surface area contributed by atoms with Crippen LogP contribution in [0.2, 0.25) is 0 Å². The zero-order valence-corrected chi connectivity index (χ0v) is 15.6. The Bertz CT molecular complexity index is 758. The van der Waals surface area contributed by atoms with Crippen molar-refractivity contribution in [2.24, 2.45) is 0 Å². The fraction of sp³-hybridized carbons (Fsp3) is 0.286. The van der Waals surface area contributed by atoms with Gasteiger partial charge in [-0.25, -0.2) is 8.42 Å². The zero-order valence-electron chi connectivity index (χ0n) is 12.4. The molecule has 0 N–H and O–H groups in total. The van der Waals surface area contributed by atoms with E-state index in [0.717, 1.165) is 8.66 Å². The largest absolute Gasteiger partial charge is 0.493 e. The fourth-order valence-corrected chi connectivity index (χ4v) is 4.68. The van der Waals surface area contributed by atoms with Crippen molar-refractivity contribution in [1.82, 2.24) is 4.31 Å². The monoisotopic (exact) mass is 405 g/mol. The number of sulfonamides is 1. The molecule has 1 aromatic carbocycles. The maximum Gasteiger partial charge on any atom is 0.243 e. The molecule has 8 heteroatoms. The smallest absolute Gasteiger partial charge is 0.243 e. The lowest BCUT2D eigenvalue weighted by Gasteiger charge is -2.17. The molecule has 0 saturated heterocycles. The second-order valence-electron chi connectivity index (χ2n) is 4.48. The Balaban J connectivity index is 2.29. The molecule has 22 heavy (non-hydrogen) atoms. The Kier molecular flexibility index (Phi) is 5.49. The summed E-state index contributed by atoms with van der Waals surface area (Å²) in [6.45, 7) is 0.312. The van der Waals surface area contributed by atoms with E-state index >= 15 is 0 Å². The molecule has 2 rings (SSSR count). The highest BCUT2D eigenvalue weighted by atomic mass is 79.9. The number of nitrogens with zero attached hydrogens (tertiary/aromatic N) is 1. The van der Waals surface area contributed by atoms with E-state index in [4.69, 9.17) is 9.47 Å². The molecule has 0 aliphatic rings. The van der Waals surface area contributed by atoms with E-state index < -0.39 is 10.0 Å². The molecule has 0 amide bonds. The summed E-state index contributed by atoms with van der Waals surface area (Å²) in [6.07, 6.45) is 0. The molecule has 1 aromatic heterocycles. The number of benzene rings is 1. The van der Waals surface area contributed by atoms with E-state index in [9.17, 15) is 8.42 Å². The molecule has 0 radical (unpaired) electrons. The average Bonchev–Trinajstić information content (AvgIpc) is 2.91. The van der Waals surface area contributed by atoms with Crippen LogP contribution < -0.4 is 9.47 Å². The van der Waals surface area contributed by atoms with Gasteiger partial charge < -0.3 is 9.47 Å². The van der Waals surface area contributed by atoms with Crippen LogP contribution in [0.4, 0.5) is 0 Å². The average molecular weight is 406 g/mol. The number of hydrogen-bond acceptors (Lipinski definition) is 5. The minimum absolute atomic E-state index is 0.170. The van der Waals surface area contributed by atoms with Gasteiger partial charge in [0.15, 0.2) is 11.5 Å². The van der Waals surface area contributed by atoms with E-state index in [1.165, 1.54) is 42.0 Å². The molecule has 0 bridgehead atoms. The van der Waals surface area contributed by atoms with Gasteiger partial charge in [0.05, 0.1) is 22.9 Å². The number of thiophene rings is 1. The molecule has 5 nitrogen and oxygen atoms in total. The third-order valence-electron chi connectivity index (χ3n) is 3.07. The van der Waals surface area contributed by atoms with Crippen molar-refractivity contribution in [3.8, 4) is 11.5 Å². The Morgan fingerprint density at radius 1 is 1.14 bits per heavy atom. The summed E-state index contributed by atoms with van der Waals surface area (Å²) in [6, 6.07) is 8.36. The van der Waals surface area contributed by atoms with Crippen molar-refractivity contribution >= 4 is 37.3 Å². The van der Waals surface area contributed by atoms with Gasteiger partial charge in [0.2, 0.25) is 10.0 Å². The van der Waals surface area contributed by atoms with Gasteiger partial charge in [0.25, 0.3) is 0 Å². The maximum atomic E-state index is 12.6. The van der Waals surface area contributed by atoms with Gasteiger partial charge in [-0.05, 0) is 40.2 Å². The van der Waals surface area contributed by atoms with Crippen LogP contribution in [-0.2, 0) is 16.6 Å². The first-order chi connectivity index (χ1) is 10.4. The molecule has 1 heterocycles. The number of ether oxygens (including phenoxy) is 2. The van der Waals surface area contributed by atoms with Gasteiger partial charge >= 0.3 is 0 Å². The van der Waals surface area contributed by atoms with E-state index in [-0.39, 0.29) is 4.90 Å². The predicted octanol–water partition coefficient (Wildman–Crippen LogP) is 3.35. The standard InChI is InChI=1S/C14H16BrNO4S2/c1-16(9-10-4-7-14(15)21-10)22(17,18)11-5-6-12(19-2)13(8-11)20-3/h4-8H,9H2,1-3H3. The minimum Gasteiger partial charge on any atom is -0.493 e. The summed E-state index contributed by atoms with van der Waals surface area (Å²) < 4.78 is 37.8. The normalized spacial score (nSPS) is 11.7. The van der Waals surface area contributed by atoms with E-state index in [1.54, 1.807) is 13.1 Å².